The topological polar surface area (TPSA) is 65.6 Å². The Morgan fingerprint density at radius 3 is 2.51 bits per heavy atom. The fraction of sp³-hybridized carbons (Fsp3) is 0.176. The lowest BCUT2D eigenvalue weighted by atomic mass is 9.98. The summed E-state index contributed by atoms with van der Waals surface area (Å²) < 4.78 is 28.8. The first-order chi connectivity index (χ1) is 19.9. The fourth-order valence-electron chi connectivity index (χ4n) is 4.66. The van der Waals surface area contributed by atoms with Gasteiger partial charge in [0, 0.05) is 47.9 Å². The number of anilines is 1. The summed E-state index contributed by atoms with van der Waals surface area (Å²) in [6.45, 7) is 9.92. The van der Waals surface area contributed by atoms with E-state index in [0.29, 0.717) is 35.1 Å². The maximum atomic E-state index is 15.4. The van der Waals surface area contributed by atoms with Crippen LogP contribution in [0.15, 0.2) is 91.4 Å². The van der Waals surface area contributed by atoms with E-state index in [1.54, 1.807) is 31.5 Å². The van der Waals surface area contributed by atoms with Crippen molar-refractivity contribution in [3.05, 3.63) is 120 Å². The second-order valence-corrected chi connectivity index (χ2v) is 9.64. The van der Waals surface area contributed by atoms with Crippen molar-refractivity contribution in [3.8, 4) is 24.0 Å². The SMILES string of the molecule is C#C.C=C/C(=C\C(=C/C)c1cc(Cc2nc3nccc(-c4ccc(F)cc4)c3[nH]2)c(NC)cc1F)NC(=C)C1CC1. The summed E-state index contributed by atoms with van der Waals surface area (Å²) in [6.07, 6.45) is 17.9. The number of aromatic amines is 1. The zero-order valence-electron chi connectivity index (χ0n) is 23.3. The van der Waals surface area contributed by atoms with E-state index in [4.69, 9.17) is 4.98 Å². The predicted molar refractivity (Wildman–Crippen MR) is 165 cm³/mol. The zero-order chi connectivity index (χ0) is 29.5. The number of imidazole rings is 1. The molecular formula is C34H33F2N5. The first kappa shape index (κ1) is 29.0. The van der Waals surface area contributed by atoms with Crippen molar-refractivity contribution in [1.82, 2.24) is 20.3 Å². The predicted octanol–water partition coefficient (Wildman–Crippen LogP) is 7.77. The number of aromatic nitrogens is 3. The molecule has 0 atom stereocenters. The minimum atomic E-state index is -0.332. The molecule has 0 amide bonds. The van der Waals surface area contributed by atoms with Crippen LogP contribution in [0.3, 0.4) is 0 Å². The average molecular weight is 550 g/mol. The first-order valence-corrected chi connectivity index (χ1v) is 13.3. The molecule has 0 aliphatic heterocycles. The summed E-state index contributed by atoms with van der Waals surface area (Å²) in [5, 5.41) is 6.43. The number of nitrogens with zero attached hydrogens (tertiary/aromatic N) is 2. The fourth-order valence-corrected chi connectivity index (χ4v) is 4.66. The van der Waals surface area contributed by atoms with Gasteiger partial charge < -0.3 is 15.6 Å². The number of halogens is 2. The molecule has 0 radical (unpaired) electrons. The molecule has 1 aliphatic rings. The summed E-state index contributed by atoms with van der Waals surface area (Å²) in [4.78, 5) is 12.5. The molecule has 2 heterocycles. The van der Waals surface area contributed by atoms with Gasteiger partial charge in [0.1, 0.15) is 17.5 Å². The Balaban J connectivity index is 0.00000189. The minimum Gasteiger partial charge on any atom is -0.388 e. The highest BCUT2D eigenvalue weighted by molar-refractivity contribution is 5.89. The molecule has 208 valence electrons. The van der Waals surface area contributed by atoms with Crippen LogP contribution >= 0.6 is 0 Å². The third-order valence-corrected chi connectivity index (χ3v) is 6.94. The van der Waals surface area contributed by atoms with Crippen molar-refractivity contribution in [1.29, 1.82) is 0 Å². The van der Waals surface area contributed by atoms with Gasteiger partial charge in [-0.3, -0.25) is 0 Å². The molecule has 2 aromatic heterocycles. The molecule has 2 aromatic carbocycles. The molecule has 4 aromatic rings. The Labute approximate surface area is 239 Å². The van der Waals surface area contributed by atoms with Gasteiger partial charge in [-0.15, -0.1) is 12.8 Å². The van der Waals surface area contributed by atoms with Gasteiger partial charge in [0.15, 0.2) is 5.65 Å². The largest absolute Gasteiger partial charge is 0.388 e. The van der Waals surface area contributed by atoms with Crippen LogP contribution < -0.4 is 10.6 Å². The molecule has 41 heavy (non-hydrogen) atoms. The van der Waals surface area contributed by atoms with E-state index in [2.05, 4.69) is 46.6 Å². The van der Waals surface area contributed by atoms with Crippen molar-refractivity contribution in [2.24, 2.45) is 5.92 Å². The van der Waals surface area contributed by atoms with E-state index < -0.39 is 0 Å². The van der Waals surface area contributed by atoms with Crippen LogP contribution in [0.4, 0.5) is 14.5 Å². The quantitative estimate of drug-likeness (QED) is 0.140. The molecule has 1 saturated carbocycles. The molecule has 1 fully saturated rings. The highest BCUT2D eigenvalue weighted by atomic mass is 19.1. The number of terminal acetylenes is 1. The lowest BCUT2D eigenvalue weighted by molar-refractivity contribution is 0.624. The highest BCUT2D eigenvalue weighted by Gasteiger charge is 2.24. The maximum absolute atomic E-state index is 15.4. The van der Waals surface area contributed by atoms with Gasteiger partial charge in [0.25, 0.3) is 0 Å². The summed E-state index contributed by atoms with van der Waals surface area (Å²) in [5.74, 6) is 0.553. The Kier molecular flexibility index (Phi) is 9.15. The van der Waals surface area contributed by atoms with Crippen LogP contribution in [0.1, 0.15) is 36.7 Å². The van der Waals surface area contributed by atoms with E-state index >= 15 is 4.39 Å². The van der Waals surface area contributed by atoms with Gasteiger partial charge in [-0.1, -0.05) is 31.4 Å². The van der Waals surface area contributed by atoms with E-state index in [-0.39, 0.29) is 11.6 Å². The smallest absolute Gasteiger partial charge is 0.178 e. The molecule has 0 unspecified atom stereocenters. The van der Waals surface area contributed by atoms with Crippen molar-refractivity contribution >= 4 is 22.4 Å². The Morgan fingerprint density at radius 1 is 1.15 bits per heavy atom. The standard InChI is InChI=1S/C32H31F2N5.C2H2/c1-5-20(15-25(6-2)37-19(3)21-7-8-21)27-16-23(29(35-4)18-28(27)34)17-30-38-31-26(13-14-36-32(31)39-30)22-9-11-24(33)12-10-22;1-2/h5-6,9-16,18,21,35,37H,2-3,7-8,17H2,1,4H3,(H,36,38,39);1-2H/b20-5+,25-15+;. The van der Waals surface area contributed by atoms with Crippen LogP contribution in [-0.2, 0) is 6.42 Å². The van der Waals surface area contributed by atoms with Crippen molar-refractivity contribution < 1.29 is 8.78 Å². The Hall–Kier alpha value is -4.96. The molecular weight excluding hydrogens is 516 g/mol. The normalized spacial score (nSPS) is 13.3. The number of hydrogen-bond donors (Lipinski definition) is 3. The second-order valence-electron chi connectivity index (χ2n) is 9.64. The number of allylic oxidation sites excluding steroid dienone is 5. The van der Waals surface area contributed by atoms with Gasteiger partial charge in [0.2, 0.25) is 0 Å². The summed E-state index contributed by atoms with van der Waals surface area (Å²) in [5.41, 5.74) is 7.56. The molecule has 0 saturated heterocycles. The number of nitrogens with one attached hydrogen (secondary N) is 3. The Morgan fingerprint density at radius 2 is 1.88 bits per heavy atom. The van der Waals surface area contributed by atoms with Crippen LogP contribution in [0, 0.1) is 30.4 Å². The van der Waals surface area contributed by atoms with Crippen LogP contribution in [0.5, 0.6) is 0 Å². The summed E-state index contributed by atoms with van der Waals surface area (Å²) in [7, 11) is 1.77. The maximum Gasteiger partial charge on any atom is 0.178 e. The summed E-state index contributed by atoms with van der Waals surface area (Å²) in [6, 6.07) is 11.6. The molecule has 0 bridgehead atoms. The third kappa shape index (κ3) is 6.62. The van der Waals surface area contributed by atoms with Crippen molar-refractivity contribution in [2.45, 2.75) is 26.2 Å². The number of pyridine rings is 1. The van der Waals surface area contributed by atoms with E-state index in [9.17, 15) is 4.39 Å². The Bertz CT molecular complexity index is 1650. The van der Waals surface area contributed by atoms with Crippen molar-refractivity contribution in [3.63, 3.8) is 0 Å². The minimum absolute atomic E-state index is 0.291. The lowest BCUT2D eigenvalue weighted by Gasteiger charge is -2.15. The number of benzene rings is 2. The number of fused-ring (bicyclic) bond motifs is 1. The molecule has 5 nitrogen and oxygen atoms in total. The highest BCUT2D eigenvalue weighted by Crippen LogP contribution is 2.35. The molecule has 5 rings (SSSR count). The lowest BCUT2D eigenvalue weighted by Crippen LogP contribution is -2.12. The zero-order valence-corrected chi connectivity index (χ0v) is 23.3. The summed E-state index contributed by atoms with van der Waals surface area (Å²) >= 11 is 0. The van der Waals surface area contributed by atoms with E-state index in [1.165, 1.54) is 18.2 Å². The molecule has 7 heteroatoms. The first-order valence-electron chi connectivity index (χ1n) is 13.3. The average Bonchev–Trinajstić information content (AvgIpc) is 3.77. The number of hydrogen-bond acceptors (Lipinski definition) is 4. The monoisotopic (exact) mass is 549 g/mol. The second kappa shape index (κ2) is 12.9. The number of H-pyrrole nitrogens is 1. The van der Waals surface area contributed by atoms with Gasteiger partial charge >= 0.3 is 0 Å². The van der Waals surface area contributed by atoms with Gasteiger partial charge in [-0.05, 0) is 84.9 Å². The van der Waals surface area contributed by atoms with Crippen LogP contribution in [-0.4, -0.2) is 22.0 Å². The number of rotatable bonds is 10. The van der Waals surface area contributed by atoms with Gasteiger partial charge in [0.05, 0.1) is 5.52 Å². The van der Waals surface area contributed by atoms with Crippen molar-refractivity contribution in [2.75, 3.05) is 12.4 Å². The molecule has 3 N–H and O–H groups in total. The van der Waals surface area contributed by atoms with Gasteiger partial charge in [-0.2, -0.15) is 0 Å². The van der Waals surface area contributed by atoms with Gasteiger partial charge in [-0.25, -0.2) is 18.7 Å². The van der Waals surface area contributed by atoms with Crippen LogP contribution in [0.25, 0.3) is 27.9 Å². The molecule has 0 spiro atoms. The third-order valence-electron chi connectivity index (χ3n) is 6.94. The van der Waals surface area contributed by atoms with E-state index in [0.717, 1.165) is 52.0 Å². The van der Waals surface area contributed by atoms with E-state index in [1.807, 2.05) is 31.2 Å². The van der Waals surface area contributed by atoms with Crippen LogP contribution in [0.2, 0.25) is 0 Å². The molecule has 1 aliphatic carbocycles.